The van der Waals surface area contributed by atoms with E-state index in [1.165, 1.54) is 17.7 Å². The van der Waals surface area contributed by atoms with Crippen molar-refractivity contribution in [3.8, 4) is 0 Å². The topological polar surface area (TPSA) is 49.3 Å². The van der Waals surface area contributed by atoms with Crippen molar-refractivity contribution in [2.45, 2.75) is 31.1 Å². The fraction of sp³-hybridized carbons (Fsp3) is 0.750. The van der Waals surface area contributed by atoms with Gasteiger partial charge in [-0.25, -0.2) is 0 Å². The van der Waals surface area contributed by atoms with E-state index in [0.29, 0.717) is 30.1 Å². The monoisotopic (exact) mass is 390 g/mol. The summed E-state index contributed by atoms with van der Waals surface area (Å²) in [5.74, 6) is 2.46. The lowest BCUT2D eigenvalue weighted by Crippen LogP contribution is -2.47. The Morgan fingerprint density at radius 2 is 2.00 bits per heavy atom. The normalized spacial score (nSPS) is 34.9. The second-order valence-corrected chi connectivity index (χ2v) is 9.11. The van der Waals surface area contributed by atoms with Gasteiger partial charge in [0.05, 0.1) is 31.5 Å². The van der Waals surface area contributed by atoms with E-state index in [1.807, 2.05) is 18.4 Å². The Kier molecular flexibility index (Phi) is 5.11. The van der Waals surface area contributed by atoms with E-state index in [-0.39, 0.29) is 0 Å². The van der Waals surface area contributed by atoms with E-state index in [2.05, 4.69) is 37.6 Å². The van der Waals surface area contributed by atoms with Crippen LogP contribution in [0.3, 0.4) is 0 Å². The van der Waals surface area contributed by atoms with Crippen LogP contribution >= 0.6 is 11.3 Å². The summed E-state index contributed by atoms with van der Waals surface area (Å²) in [5, 5.41) is 5.87. The molecule has 4 fully saturated rings. The molecule has 1 aromatic rings. The van der Waals surface area contributed by atoms with E-state index in [9.17, 15) is 0 Å². The first-order chi connectivity index (χ1) is 13.3. The smallest absolute Gasteiger partial charge is 0.193 e. The Morgan fingerprint density at radius 1 is 1.26 bits per heavy atom. The summed E-state index contributed by atoms with van der Waals surface area (Å²) in [6.07, 6.45) is 3.50. The largest absolute Gasteiger partial charge is 0.379 e. The number of hydrogen-bond acceptors (Lipinski definition) is 5. The van der Waals surface area contributed by atoms with Gasteiger partial charge in [-0.05, 0) is 24.3 Å². The van der Waals surface area contributed by atoms with Gasteiger partial charge in [0.1, 0.15) is 0 Å². The SMILES string of the molecule is CN=C(NCC(c1cccs1)N1CCOCC1)N1CC2C3CCC(O3)C2C1. The zero-order chi connectivity index (χ0) is 18.2. The van der Waals surface area contributed by atoms with Crippen LogP contribution in [-0.4, -0.2) is 81.0 Å². The molecule has 0 aromatic carbocycles. The van der Waals surface area contributed by atoms with Crippen LogP contribution in [0.5, 0.6) is 0 Å². The molecule has 0 aliphatic carbocycles. The molecule has 0 amide bonds. The van der Waals surface area contributed by atoms with Gasteiger partial charge in [0, 0.05) is 56.5 Å². The minimum Gasteiger partial charge on any atom is -0.379 e. The number of ether oxygens (including phenoxy) is 2. The molecule has 2 bridgehead atoms. The third-order valence-corrected chi connectivity index (χ3v) is 7.75. The number of fused-ring (bicyclic) bond motifs is 5. The molecule has 0 spiro atoms. The summed E-state index contributed by atoms with van der Waals surface area (Å²) in [5.41, 5.74) is 0. The van der Waals surface area contributed by atoms with Crippen molar-refractivity contribution in [3.63, 3.8) is 0 Å². The summed E-state index contributed by atoms with van der Waals surface area (Å²) in [7, 11) is 1.91. The van der Waals surface area contributed by atoms with Gasteiger partial charge in [-0.1, -0.05) is 6.07 Å². The first-order valence-electron chi connectivity index (χ1n) is 10.3. The highest BCUT2D eigenvalue weighted by atomic mass is 32.1. The van der Waals surface area contributed by atoms with Crippen molar-refractivity contribution in [1.29, 1.82) is 0 Å². The van der Waals surface area contributed by atoms with Crippen LogP contribution in [0.1, 0.15) is 23.8 Å². The first kappa shape index (κ1) is 17.9. The predicted octanol–water partition coefficient (Wildman–Crippen LogP) is 1.81. The lowest BCUT2D eigenvalue weighted by atomic mass is 9.82. The van der Waals surface area contributed by atoms with Crippen molar-refractivity contribution in [3.05, 3.63) is 22.4 Å². The van der Waals surface area contributed by atoms with Crippen molar-refractivity contribution >= 4 is 17.3 Å². The zero-order valence-electron chi connectivity index (χ0n) is 16.0. The van der Waals surface area contributed by atoms with Crippen LogP contribution in [0.15, 0.2) is 22.5 Å². The first-order valence-corrected chi connectivity index (χ1v) is 11.2. The molecule has 0 saturated carbocycles. The molecule has 27 heavy (non-hydrogen) atoms. The van der Waals surface area contributed by atoms with Crippen molar-refractivity contribution in [2.24, 2.45) is 16.8 Å². The molecule has 5 rings (SSSR count). The molecular formula is C20H30N4O2S. The molecule has 7 heteroatoms. The summed E-state index contributed by atoms with van der Waals surface area (Å²) in [4.78, 5) is 11.0. The molecule has 5 atom stereocenters. The molecule has 5 heterocycles. The van der Waals surface area contributed by atoms with Crippen LogP contribution in [0.2, 0.25) is 0 Å². The van der Waals surface area contributed by atoms with E-state index in [0.717, 1.165) is 51.9 Å². The minimum atomic E-state index is 0.382. The zero-order valence-corrected chi connectivity index (χ0v) is 16.9. The second kappa shape index (κ2) is 7.70. The van der Waals surface area contributed by atoms with Crippen molar-refractivity contribution in [1.82, 2.24) is 15.1 Å². The van der Waals surface area contributed by atoms with E-state index >= 15 is 0 Å². The summed E-state index contributed by atoms with van der Waals surface area (Å²) < 4.78 is 11.7. The molecule has 4 aliphatic rings. The third-order valence-electron chi connectivity index (χ3n) is 6.78. The number of rotatable bonds is 4. The van der Waals surface area contributed by atoms with Gasteiger partial charge in [-0.15, -0.1) is 11.3 Å². The summed E-state index contributed by atoms with van der Waals surface area (Å²) in [6, 6.07) is 4.79. The Balaban J connectivity index is 1.24. The van der Waals surface area contributed by atoms with Crippen LogP contribution in [0.4, 0.5) is 0 Å². The van der Waals surface area contributed by atoms with Gasteiger partial charge in [0.2, 0.25) is 0 Å². The second-order valence-electron chi connectivity index (χ2n) is 8.13. The lowest BCUT2D eigenvalue weighted by Gasteiger charge is -2.35. The number of hydrogen-bond donors (Lipinski definition) is 1. The standard InChI is InChI=1S/C20H30N4O2S/c1-21-20(24-12-14-15(13-24)18-5-4-17(14)26-18)22-11-16(19-3-2-10-27-19)23-6-8-25-9-7-23/h2-3,10,14-18H,4-9,11-13H2,1H3,(H,21,22). The van der Waals surface area contributed by atoms with Gasteiger partial charge >= 0.3 is 0 Å². The van der Waals surface area contributed by atoms with Crippen LogP contribution < -0.4 is 5.32 Å². The van der Waals surface area contributed by atoms with Crippen molar-refractivity contribution < 1.29 is 9.47 Å². The van der Waals surface area contributed by atoms with Gasteiger partial charge < -0.3 is 19.7 Å². The quantitative estimate of drug-likeness (QED) is 0.628. The fourth-order valence-electron chi connectivity index (χ4n) is 5.43. The fourth-order valence-corrected chi connectivity index (χ4v) is 6.29. The third kappa shape index (κ3) is 3.39. The molecule has 148 valence electrons. The maximum atomic E-state index is 6.12. The Labute approximate surface area is 165 Å². The number of guanidine groups is 1. The molecular weight excluding hydrogens is 360 g/mol. The van der Waals surface area contributed by atoms with Crippen LogP contribution in [-0.2, 0) is 9.47 Å². The highest BCUT2D eigenvalue weighted by molar-refractivity contribution is 7.10. The van der Waals surface area contributed by atoms with Crippen LogP contribution in [0.25, 0.3) is 0 Å². The average molecular weight is 391 g/mol. The van der Waals surface area contributed by atoms with Gasteiger partial charge in [0.25, 0.3) is 0 Å². The van der Waals surface area contributed by atoms with Crippen LogP contribution in [0, 0.1) is 11.8 Å². The number of nitrogens with zero attached hydrogens (tertiary/aromatic N) is 3. The maximum absolute atomic E-state index is 6.12. The average Bonchev–Trinajstić information content (AvgIpc) is 3.48. The maximum Gasteiger partial charge on any atom is 0.193 e. The number of morpholine rings is 1. The number of aliphatic imine (C=N–C) groups is 1. The minimum absolute atomic E-state index is 0.382. The van der Waals surface area contributed by atoms with E-state index in [1.54, 1.807) is 0 Å². The Morgan fingerprint density at radius 3 is 2.63 bits per heavy atom. The predicted molar refractivity (Wildman–Crippen MR) is 107 cm³/mol. The number of likely N-dealkylation sites (tertiary alicyclic amines) is 1. The molecule has 4 saturated heterocycles. The lowest BCUT2D eigenvalue weighted by molar-refractivity contribution is 0.0176. The number of thiophene rings is 1. The van der Waals surface area contributed by atoms with E-state index < -0.39 is 0 Å². The van der Waals surface area contributed by atoms with Gasteiger partial charge in [-0.2, -0.15) is 0 Å². The Hall–Kier alpha value is -1.15. The van der Waals surface area contributed by atoms with E-state index in [4.69, 9.17) is 9.47 Å². The van der Waals surface area contributed by atoms with Gasteiger partial charge in [0.15, 0.2) is 5.96 Å². The molecule has 4 aliphatic heterocycles. The summed E-state index contributed by atoms with van der Waals surface area (Å²) >= 11 is 1.85. The Bertz CT molecular complexity index is 643. The molecule has 1 N–H and O–H groups in total. The van der Waals surface area contributed by atoms with Crippen molar-refractivity contribution in [2.75, 3.05) is 53.0 Å². The highest BCUT2D eigenvalue weighted by Crippen LogP contribution is 2.47. The molecule has 6 nitrogen and oxygen atoms in total. The van der Waals surface area contributed by atoms with Gasteiger partial charge in [-0.3, -0.25) is 9.89 Å². The highest BCUT2D eigenvalue weighted by Gasteiger charge is 2.53. The molecule has 5 unspecified atom stereocenters. The molecule has 0 radical (unpaired) electrons. The molecule has 1 aromatic heterocycles. The number of nitrogens with one attached hydrogen (secondary N) is 1. The summed E-state index contributed by atoms with van der Waals surface area (Å²) in [6.45, 7) is 6.72.